The second kappa shape index (κ2) is 24.4. The Kier molecular flexibility index (Phi) is 24.4. The van der Waals surface area contributed by atoms with Gasteiger partial charge in [-0.05, 0) is 85.4 Å². The summed E-state index contributed by atoms with van der Waals surface area (Å²) in [5.74, 6) is 0. The maximum absolute atomic E-state index is 10.3. The Labute approximate surface area is 253 Å². The van der Waals surface area contributed by atoms with Gasteiger partial charge >= 0.3 is 0 Å². The summed E-state index contributed by atoms with van der Waals surface area (Å²) in [5.41, 5.74) is 0. The standard InChI is InChI=1S/C29H66N2O8Si2/c1-10-28(32)23-34-13-11-17-40(6,7)39-41(8,9)18-12-14-35-24-29(33)19-31-26(3)21-37-22-27(4)38-16-15-36-20-25(2)30-5/h25-33H,10-24H2,1-9H3. The van der Waals surface area contributed by atoms with E-state index in [9.17, 15) is 10.2 Å². The Hall–Kier alpha value is 0.0338. The van der Waals surface area contributed by atoms with Gasteiger partial charge in [-0.15, -0.1) is 0 Å². The molecule has 0 fully saturated rings. The number of aliphatic hydroxyl groups excluding tert-OH is 2. The molecule has 4 N–H and O–H groups in total. The van der Waals surface area contributed by atoms with E-state index >= 15 is 0 Å². The molecule has 0 aliphatic heterocycles. The lowest BCUT2D eigenvalue weighted by Gasteiger charge is -2.34. The Morgan fingerprint density at radius 2 is 1.20 bits per heavy atom. The van der Waals surface area contributed by atoms with E-state index < -0.39 is 22.7 Å². The van der Waals surface area contributed by atoms with Gasteiger partial charge in [-0.3, -0.25) is 0 Å². The third kappa shape index (κ3) is 26.2. The van der Waals surface area contributed by atoms with Gasteiger partial charge in [0.2, 0.25) is 0 Å². The van der Waals surface area contributed by atoms with Crippen LogP contribution in [-0.4, -0.2) is 130 Å². The number of hydrogen-bond acceptors (Lipinski definition) is 10. The van der Waals surface area contributed by atoms with Crippen molar-refractivity contribution in [3.8, 4) is 0 Å². The average molecular weight is 627 g/mol. The summed E-state index contributed by atoms with van der Waals surface area (Å²) >= 11 is 0. The molecule has 5 unspecified atom stereocenters. The van der Waals surface area contributed by atoms with E-state index in [1.54, 1.807) is 0 Å². The molecule has 0 radical (unpaired) electrons. The summed E-state index contributed by atoms with van der Waals surface area (Å²) in [7, 11) is -1.62. The van der Waals surface area contributed by atoms with Gasteiger partial charge in [0.1, 0.15) is 0 Å². The van der Waals surface area contributed by atoms with Crippen LogP contribution in [0.25, 0.3) is 0 Å². The molecule has 0 aliphatic rings. The summed E-state index contributed by atoms with van der Waals surface area (Å²) in [6, 6.07) is 2.55. The molecular formula is C29H66N2O8Si2. The maximum atomic E-state index is 10.3. The monoisotopic (exact) mass is 626 g/mol. The van der Waals surface area contributed by atoms with Gasteiger partial charge in [0.15, 0.2) is 16.6 Å². The Balaban J connectivity index is 3.85. The highest BCUT2D eigenvalue weighted by Crippen LogP contribution is 2.23. The van der Waals surface area contributed by atoms with Gasteiger partial charge in [0.05, 0.1) is 64.6 Å². The molecular weight excluding hydrogens is 560 g/mol. The van der Waals surface area contributed by atoms with Crippen molar-refractivity contribution >= 4 is 16.6 Å². The molecule has 0 amide bonds. The highest BCUT2D eigenvalue weighted by Gasteiger charge is 2.32. The number of ether oxygens (including phenoxy) is 5. The number of rotatable bonds is 29. The topological polar surface area (TPSA) is 120 Å². The summed E-state index contributed by atoms with van der Waals surface area (Å²) in [6.07, 6.45) is 1.72. The van der Waals surface area contributed by atoms with Crippen LogP contribution in [0.4, 0.5) is 0 Å². The smallest absolute Gasteiger partial charge is 0.173 e. The molecule has 10 nitrogen and oxygen atoms in total. The lowest BCUT2D eigenvalue weighted by molar-refractivity contribution is -0.0344. The first-order valence-corrected chi connectivity index (χ1v) is 21.9. The Bertz CT molecular complexity index is 607. The molecule has 0 bridgehead atoms. The molecule has 12 heteroatoms. The minimum absolute atomic E-state index is 0.00383. The van der Waals surface area contributed by atoms with Crippen LogP contribution in [-0.2, 0) is 27.8 Å². The molecule has 0 rings (SSSR count). The number of hydrogen-bond donors (Lipinski definition) is 4. The van der Waals surface area contributed by atoms with E-state index in [2.05, 4.69) is 43.7 Å². The summed E-state index contributed by atoms with van der Waals surface area (Å²) in [6.45, 7) is 22.6. The fourth-order valence-electron chi connectivity index (χ4n) is 4.17. The third-order valence-electron chi connectivity index (χ3n) is 6.69. The Morgan fingerprint density at radius 3 is 1.76 bits per heavy atom. The predicted molar refractivity (Wildman–Crippen MR) is 172 cm³/mol. The van der Waals surface area contributed by atoms with Crippen LogP contribution in [0.2, 0.25) is 38.3 Å². The number of likely N-dealkylation sites (N-methyl/N-ethyl adjacent to an activating group) is 1. The van der Waals surface area contributed by atoms with Gasteiger partial charge in [-0.1, -0.05) is 6.92 Å². The average Bonchev–Trinajstić information content (AvgIpc) is 2.90. The van der Waals surface area contributed by atoms with Gasteiger partial charge < -0.3 is 48.6 Å². The molecule has 0 saturated heterocycles. The molecule has 41 heavy (non-hydrogen) atoms. The van der Waals surface area contributed by atoms with Gasteiger partial charge in [0, 0.05) is 31.8 Å². The highest BCUT2D eigenvalue weighted by molar-refractivity contribution is 6.84. The van der Waals surface area contributed by atoms with Gasteiger partial charge in [-0.25, -0.2) is 0 Å². The lowest BCUT2D eigenvalue weighted by Crippen LogP contribution is -2.44. The molecule has 0 aromatic heterocycles. The molecule has 248 valence electrons. The second-order valence-electron chi connectivity index (χ2n) is 12.5. The fourth-order valence-corrected chi connectivity index (χ4v) is 13.0. The van der Waals surface area contributed by atoms with Gasteiger partial charge in [0.25, 0.3) is 0 Å². The van der Waals surface area contributed by atoms with Crippen molar-refractivity contribution in [1.82, 2.24) is 10.6 Å². The summed E-state index contributed by atoms with van der Waals surface area (Å²) in [4.78, 5) is 0. The molecule has 0 aromatic rings. The first kappa shape index (κ1) is 41.0. The van der Waals surface area contributed by atoms with Crippen LogP contribution in [0.3, 0.4) is 0 Å². The van der Waals surface area contributed by atoms with E-state index in [0.717, 1.165) is 31.4 Å². The summed E-state index contributed by atoms with van der Waals surface area (Å²) < 4.78 is 35.0. The second-order valence-corrected chi connectivity index (χ2v) is 21.3. The first-order valence-electron chi connectivity index (χ1n) is 15.7. The van der Waals surface area contributed by atoms with Crippen molar-refractivity contribution < 1.29 is 38.0 Å². The third-order valence-corrected chi connectivity index (χ3v) is 14.2. The quantitative estimate of drug-likeness (QED) is 0.0727. The normalized spacial score (nSPS) is 16.5. The molecule has 5 atom stereocenters. The maximum Gasteiger partial charge on any atom is 0.173 e. The van der Waals surface area contributed by atoms with Crippen LogP contribution >= 0.6 is 0 Å². The molecule has 0 aliphatic carbocycles. The van der Waals surface area contributed by atoms with Crippen LogP contribution in [0, 0.1) is 0 Å². The lowest BCUT2D eigenvalue weighted by atomic mass is 10.3. The number of aliphatic hydroxyl groups is 2. The minimum Gasteiger partial charge on any atom is -0.455 e. The number of nitrogens with one attached hydrogen (secondary N) is 2. The fraction of sp³-hybridized carbons (Fsp3) is 1.00. The zero-order chi connectivity index (χ0) is 31.2. The largest absolute Gasteiger partial charge is 0.455 e. The molecule has 0 saturated carbocycles. The van der Waals surface area contributed by atoms with Crippen molar-refractivity contribution in [2.24, 2.45) is 0 Å². The summed E-state index contributed by atoms with van der Waals surface area (Å²) in [5, 5.41) is 26.3. The van der Waals surface area contributed by atoms with E-state index in [0.29, 0.717) is 72.0 Å². The van der Waals surface area contributed by atoms with Crippen molar-refractivity contribution in [2.75, 3.05) is 73.1 Å². The van der Waals surface area contributed by atoms with Crippen molar-refractivity contribution in [3.63, 3.8) is 0 Å². The van der Waals surface area contributed by atoms with Crippen molar-refractivity contribution in [3.05, 3.63) is 0 Å². The highest BCUT2D eigenvalue weighted by atomic mass is 28.4. The van der Waals surface area contributed by atoms with Crippen molar-refractivity contribution in [1.29, 1.82) is 0 Å². The van der Waals surface area contributed by atoms with Gasteiger partial charge in [-0.2, -0.15) is 0 Å². The van der Waals surface area contributed by atoms with E-state index in [1.807, 2.05) is 27.8 Å². The van der Waals surface area contributed by atoms with Crippen LogP contribution in [0.15, 0.2) is 0 Å². The Morgan fingerprint density at radius 1 is 0.659 bits per heavy atom. The van der Waals surface area contributed by atoms with Crippen LogP contribution in [0.1, 0.15) is 47.0 Å². The zero-order valence-corrected chi connectivity index (χ0v) is 29.8. The van der Waals surface area contributed by atoms with E-state index in [-0.39, 0.29) is 18.2 Å². The van der Waals surface area contributed by atoms with E-state index in [1.165, 1.54) is 0 Å². The molecule has 0 heterocycles. The van der Waals surface area contributed by atoms with Crippen LogP contribution < -0.4 is 10.6 Å². The predicted octanol–water partition coefficient (Wildman–Crippen LogP) is 3.38. The van der Waals surface area contributed by atoms with E-state index in [4.69, 9.17) is 27.8 Å². The molecule has 0 aromatic carbocycles. The zero-order valence-electron chi connectivity index (χ0n) is 27.8. The van der Waals surface area contributed by atoms with Crippen LogP contribution in [0.5, 0.6) is 0 Å². The minimum atomic E-state index is -1.78. The molecule has 0 spiro atoms. The van der Waals surface area contributed by atoms with Crippen molar-refractivity contribution in [2.45, 2.75) is 116 Å². The first-order chi connectivity index (χ1) is 19.3. The SMILES string of the molecule is CCC(O)COCCC[Si](C)(C)O[Si](C)(C)CCCOCC(O)CNC(C)COCC(C)OCCOCC(C)NC.